The fourth-order valence-electron chi connectivity index (χ4n) is 3.30. The van der Waals surface area contributed by atoms with Gasteiger partial charge in [-0.25, -0.2) is 0 Å². The molecule has 0 unspecified atom stereocenters. The summed E-state index contributed by atoms with van der Waals surface area (Å²) in [7, 11) is -13.8. The molecule has 0 aliphatic heterocycles. The van der Waals surface area contributed by atoms with Crippen LogP contribution in [0.1, 0.15) is 51.4 Å². The largest absolute Gasteiger partial charge is 0.300 e. The highest BCUT2D eigenvalue weighted by molar-refractivity contribution is 8.29. The van der Waals surface area contributed by atoms with Crippen LogP contribution in [0.2, 0.25) is 0 Å². The van der Waals surface area contributed by atoms with Crippen molar-refractivity contribution in [2.75, 3.05) is 6.26 Å². The summed E-state index contributed by atoms with van der Waals surface area (Å²) in [6, 6.07) is 0. The van der Waals surface area contributed by atoms with E-state index in [1.165, 1.54) is 0 Å². The van der Waals surface area contributed by atoms with E-state index in [2.05, 4.69) is 0 Å². The Morgan fingerprint density at radius 2 is 0.960 bits per heavy atom. The molecule has 0 aromatic rings. The van der Waals surface area contributed by atoms with Crippen molar-refractivity contribution in [3.63, 3.8) is 0 Å². The molecule has 11 heteroatoms. The van der Waals surface area contributed by atoms with Crippen molar-refractivity contribution in [2.24, 2.45) is 0 Å². The van der Waals surface area contributed by atoms with Gasteiger partial charge in [0.2, 0.25) is 0 Å². The van der Waals surface area contributed by atoms with E-state index in [1.807, 2.05) is 0 Å². The molecule has 25 heavy (non-hydrogen) atoms. The predicted octanol–water partition coefficient (Wildman–Crippen LogP) is 0.331. The highest BCUT2D eigenvalue weighted by Crippen LogP contribution is 2.38. The van der Waals surface area contributed by atoms with Gasteiger partial charge in [-0.15, -0.1) is 0 Å². The molecule has 8 nitrogen and oxygen atoms in total. The Hall–Kier alpha value is -0.810. The number of rotatable bonds is 5. The number of hydrogen-bond acceptors (Lipinski definition) is 8. The summed E-state index contributed by atoms with van der Waals surface area (Å²) in [5.74, 6) is -0.248. The van der Waals surface area contributed by atoms with Crippen molar-refractivity contribution in [1.29, 1.82) is 0 Å². The van der Waals surface area contributed by atoms with Crippen LogP contribution in [0.5, 0.6) is 0 Å². The maximum absolute atomic E-state index is 12.8. The van der Waals surface area contributed by atoms with Gasteiger partial charge in [-0.3, -0.25) is 34.8 Å². The minimum atomic E-state index is -4.62. The molecular weight excluding hydrogens is 392 g/mol. The number of hydrogen-bond donors (Lipinski definition) is 0. The molecule has 144 valence electrons. The van der Waals surface area contributed by atoms with Gasteiger partial charge in [0.1, 0.15) is 11.6 Å². The number of sulfone groups is 3. The first-order valence-corrected chi connectivity index (χ1v) is 12.9. The summed E-state index contributed by atoms with van der Waals surface area (Å²) in [5, 5.41) is -2.40. The molecule has 2 saturated carbocycles. The molecule has 0 aromatic carbocycles. The number of carbonyl (C=O) groups is 2. The second-order valence-corrected chi connectivity index (χ2v) is 13.6. The second-order valence-electron chi connectivity index (χ2n) is 6.59. The van der Waals surface area contributed by atoms with E-state index in [0.717, 1.165) is 0 Å². The van der Waals surface area contributed by atoms with Gasteiger partial charge in [-0.1, -0.05) is 0 Å². The van der Waals surface area contributed by atoms with E-state index >= 15 is 0 Å². The molecule has 2 aliphatic rings. The van der Waals surface area contributed by atoms with Crippen LogP contribution in [0.25, 0.3) is 0 Å². The van der Waals surface area contributed by atoms with E-state index in [9.17, 15) is 34.8 Å². The second kappa shape index (κ2) is 7.07. The summed E-state index contributed by atoms with van der Waals surface area (Å²) in [4.78, 5) is 22.6. The van der Waals surface area contributed by atoms with Crippen LogP contribution in [0.3, 0.4) is 0 Å². The van der Waals surface area contributed by atoms with Crippen molar-refractivity contribution in [3.05, 3.63) is 3.91 Å². The van der Waals surface area contributed by atoms with Crippen molar-refractivity contribution in [3.8, 4) is 0 Å². The Morgan fingerprint density at radius 3 is 1.20 bits per heavy atom. The minimum absolute atomic E-state index is 0.0150. The van der Waals surface area contributed by atoms with Crippen molar-refractivity contribution in [1.82, 2.24) is 0 Å². The summed E-state index contributed by atoms with van der Waals surface area (Å²) < 4.78 is 74.1. The van der Waals surface area contributed by atoms with Gasteiger partial charge in [0.25, 0.3) is 0 Å². The molecule has 0 bridgehead atoms. The van der Waals surface area contributed by atoms with Gasteiger partial charge >= 0.3 is 0 Å². The molecule has 2 aliphatic carbocycles. The predicted molar refractivity (Wildman–Crippen MR) is 90.5 cm³/mol. The maximum atomic E-state index is 12.8. The minimum Gasteiger partial charge on any atom is -0.300 e. The Bertz CT molecular complexity index is 789. The first-order chi connectivity index (χ1) is 11.4. The summed E-state index contributed by atoms with van der Waals surface area (Å²) in [6.45, 7) is 0. The molecule has 0 saturated heterocycles. The summed E-state index contributed by atoms with van der Waals surface area (Å²) in [5.41, 5.74) is 0. The van der Waals surface area contributed by atoms with Crippen LogP contribution >= 0.6 is 0 Å². The van der Waals surface area contributed by atoms with E-state index in [1.54, 1.807) is 0 Å². The SMILES string of the molecule is CS(=O)(=O)[C-](S(=O)(=O)C1CCC(=O)CC1)S(=O)(=O)C1CCC(=O)CC1. The quantitative estimate of drug-likeness (QED) is 0.588. The average Bonchev–Trinajstić information content (AvgIpc) is 2.45. The molecule has 0 heterocycles. The first kappa shape index (κ1) is 20.5. The van der Waals surface area contributed by atoms with Crippen molar-refractivity contribution < 1.29 is 34.8 Å². The lowest BCUT2D eigenvalue weighted by molar-refractivity contribution is -0.120. The van der Waals surface area contributed by atoms with Gasteiger partial charge in [0, 0.05) is 46.4 Å². The lowest BCUT2D eigenvalue weighted by atomic mass is 9.99. The molecular formula is C14H21O8S3-. The van der Waals surface area contributed by atoms with Crippen LogP contribution in [0, 0.1) is 3.91 Å². The Balaban J connectivity index is 2.42. The lowest BCUT2D eigenvalue weighted by Gasteiger charge is -2.37. The van der Waals surface area contributed by atoms with Crippen LogP contribution < -0.4 is 0 Å². The highest BCUT2D eigenvalue weighted by Gasteiger charge is 2.42. The third-order valence-corrected chi connectivity index (χ3v) is 13.5. The zero-order valence-electron chi connectivity index (χ0n) is 13.8. The molecule has 0 radical (unpaired) electrons. The van der Waals surface area contributed by atoms with E-state index < -0.39 is 43.9 Å². The third-order valence-electron chi connectivity index (χ3n) is 4.63. The van der Waals surface area contributed by atoms with Crippen LogP contribution in [-0.2, 0) is 39.1 Å². The van der Waals surface area contributed by atoms with Gasteiger partial charge < -0.3 is 0 Å². The van der Waals surface area contributed by atoms with Gasteiger partial charge in [0.05, 0.1) is 29.5 Å². The maximum Gasteiger partial charge on any atom is 0.132 e. The highest BCUT2D eigenvalue weighted by atomic mass is 32.3. The van der Waals surface area contributed by atoms with E-state index in [4.69, 9.17) is 0 Å². The zero-order valence-corrected chi connectivity index (χ0v) is 16.3. The standard InChI is InChI=1S/C14H21O8S3/c1-23(17,18)14(24(19,20)12-6-2-10(15)3-7-12)25(21,22)13-8-4-11(16)5-9-13/h12-13H,2-9H2,1H3/q-1. The van der Waals surface area contributed by atoms with E-state index in [-0.39, 0.29) is 62.9 Å². The lowest BCUT2D eigenvalue weighted by Crippen LogP contribution is -2.42. The third kappa shape index (κ3) is 4.30. The van der Waals surface area contributed by atoms with Gasteiger partial charge in [-0.05, 0) is 25.7 Å². The van der Waals surface area contributed by atoms with Gasteiger partial charge in [0.15, 0.2) is 0 Å². The number of carbonyl (C=O) groups excluding carboxylic acids is 2. The molecule has 0 aromatic heterocycles. The molecule has 0 amide bonds. The summed E-state index contributed by atoms with van der Waals surface area (Å²) >= 11 is 0. The summed E-state index contributed by atoms with van der Waals surface area (Å²) in [6.07, 6.45) is 0.171. The van der Waals surface area contributed by atoms with Crippen molar-refractivity contribution >= 4 is 41.1 Å². The van der Waals surface area contributed by atoms with E-state index in [0.29, 0.717) is 6.26 Å². The van der Waals surface area contributed by atoms with Gasteiger partial charge in [-0.2, -0.15) is 0 Å². The Labute approximate surface area is 148 Å². The van der Waals surface area contributed by atoms with Crippen LogP contribution in [-0.4, -0.2) is 53.6 Å². The van der Waals surface area contributed by atoms with Crippen LogP contribution in [0.15, 0.2) is 0 Å². The normalized spacial score (nSPS) is 22.5. The fourth-order valence-corrected chi connectivity index (χ4v) is 11.9. The zero-order chi connectivity index (χ0) is 19.0. The molecule has 0 spiro atoms. The fraction of sp³-hybridized carbons (Fsp3) is 0.786. The molecule has 2 rings (SSSR count). The average molecular weight is 414 g/mol. The van der Waals surface area contributed by atoms with Crippen LogP contribution in [0.4, 0.5) is 0 Å². The first-order valence-electron chi connectivity index (χ1n) is 7.95. The smallest absolute Gasteiger partial charge is 0.132 e. The Kier molecular flexibility index (Phi) is 5.80. The number of Topliss-reactive ketones (excluding diaryl/α,β-unsaturated/α-hetero) is 2. The Morgan fingerprint density at radius 1 is 0.680 bits per heavy atom. The molecule has 0 atom stereocenters. The molecule has 0 N–H and O–H groups in total. The number of ketones is 2. The molecule has 2 fully saturated rings. The van der Waals surface area contributed by atoms with Crippen molar-refractivity contribution in [2.45, 2.75) is 61.9 Å². The topological polar surface area (TPSA) is 137 Å². The monoisotopic (exact) mass is 413 g/mol.